The van der Waals surface area contributed by atoms with Gasteiger partial charge in [-0.15, -0.1) is 0 Å². The van der Waals surface area contributed by atoms with E-state index < -0.39 is 10.0 Å². The quantitative estimate of drug-likeness (QED) is 0.859. The Morgan fingerprint density at radius 1 is 1.29 bits per heavy atom. The molecule has 5 heteroatoms. The number of nitrogens with one attached hydrogen (secondary N) is 1. The third-order valence-corrected chi connectivity index (χ3v) is 4.42. The third-order valence-electron chi connectivity index (χ3n) is 1.78. The smallest absolute Gasteiger partial charge is 0.242 e. The summed E-state index contributed by atoms with van der Waals surface area (Å²) < 4.78 is 24.7. The van der Waals surface area contributed by atoms with Crippen LogP contribution in [0.4, 0.5) is 5.69 Å². The Morgan fingerprint density at radius 3 is 2.29 bits per heavy atom. The molecule has 1 rings (SSSR count). The first kappa shape index (κ1) is 11.5. The summed E-state index contributed by atoms with van der Waals surface area (Å²) in [4.78, 5) is 0. The fourth-order valence-corrected chi connectivity index (χ4v) is 1.91. The molecule has 0 atom stereocenters. The van der Waals surface area contributed by atoms with Gasteiger partial charge < -0.3 is 0 Å². The molecule has 1 aromatic rings. The van der Waals surface area contributed by atoms with Gasteiger partial charge in [0.25, 0.3) is 0 Å². The molecule has 1 aromatic carbocycles. The molecule has 0 radical (unpaired) electrons. The lowest BCUT2D eigenvalue weighted by molar-refractivity contribution is 0.606. The van der Waals surface area contributed by atoms with Gasteiger partial charge in [-0.05, 0) is 24.1 Å². The summed E-state index contributed by atoms with van der Waals surface area (Å²) in [6.07, 6.45) is 0.950. The monoisotopic (exact) mass is 277 g/mol. The molecule has 0 heterocycles. The van der Waals surface area contributed by atoms with Crippen LogP contribution in [0, 0.1) is 0 Å². The summed E-state index contributed by atoms with van der Waals surface area (Å²) in [5.74, 6) is 0. The first-order chi connectivity index (χ1) is 6.57. The Labute approximate surface area is 92.7 Å². The van der Waals surface area contributed by atoms with Crippen molar-refractivity contribution in [3.63, 3.8) is 0 Å². The second-order valence-corrected chi connectivity index (χ2v) is 5.90. The minimum atomic E-state index is -3.23. The van der Waals surface area contributed by atoms with E-state index in [2.05, 4.69) is 27.6 Å². The number of alkyl halides is 1. The van der Waals surface area contributed by atoms with E-state index >= 15 is 0 Å². The molecule has 0 unspecified atom stereocenters. The lowest BCUT2D eigenvalue weighted by Gasteiger charge is -2.05. The van der Waals surface area contributed by atoms with Crippen LogP contribution >= 0.6 is 15.9 Å². The highest BCUT2D eigenvalue weighted by Crippen LogP contribution is 2.12. The van der Waals surface area contributed by atoms with Gasteiger partial charge in [0.05, 0.1) is 0 Å². The second-order valence-electron chi connectivity index (χ2n) is 2.88. The van der Waals surface area contributed by atoms with Crippen LogP contribution in [0.3, 0.4) is 0 Å². The minimum absolute atomic E-state index is 0.0878. The van der Waals surface area contributed by atoms with Gasteiger partial charge in [-0.1, -0.05) is 35.0 Å². The van der Waals surface area contributed by atoms with Crippen molar-refractivity contribution in [2.45, 2.75) is 13.3 Å². The highest BCUT2D eigenvalue weighted by molar-refractivity contribution is 9.10. The van der Waals surface area contributed by atoms with Gasteiger partial charge in [-0.25, -0.2) is 8.42 Å². The normalized spacial score (nSPS) is 11.3. The molecule has 78 valence electrons. The molecule has 1 N–H and O–H groups in total. The zero-order chi connectivity index (χ0) is 10.6. The zero-order valence-electron chi connectivity index (χ0n) is 7.83. The largest absolute Gasteiger partial charge is 0.283 e. The molecule has 0 saturated heterocycles. The SMILES string of the molecule is CCc1ccc(NS(=O)(=O)CBr)cc1. The Balaban J connectivity index is 2.79. The maximum Gasteiger partial charge on any atom is 0.242 e. The fourth-order valence-electron chi connectivity index (χ4n) is 1.02. The molecular weight excluding hydrogens is 266 g/mol. The van der Waals surface area contributed by atoms with Crippen LogP contribution in [0.15, 0.2) is 24.3 Å². The van der Waals surface area contributed by atoms with Crippen LogP contribution in [0.25, 0.3) is 0 Å². The number of halogens is 1. The van der Waals surface area contributed by atoms with Gasteiger partial charge in [0.15, 0.2) is 0 Å². The minimum Gasteiger partial charge on any atom is -0.283 e. The molecule has 0 bridgehead atoms. The summed E-state index contributed by atoms with van der Waals surface area (Å²) >= 11 is 2.91. The van der Waals surface area contributed by atoms with Crippen molar-refractivity contribution in [3.05, 3.63) is 29.8 Å². The van der Waals surface area contributed by atoms with Gasteiger partial charge in [-0.3, -0.25) is 4.72 Å². The van der Waals surface area contributed by atoms with E-state index in [9.17, 15) is 8.42 Å². The number of rotatable bonds is 4. The van der Waals surface area contributed by atoms with Crippen molar-refractivity contribution in [2.24, 2.45) is 0 Å². The lowest BCUT2D eigenvalue weighted by Crippen LogP contribution is -2.12. The molecule has 3 nitrogen and oxygen atoms in total. The average Bonchev–Trinajstić information content (AvgIpc) is 2.19. The number of hydrogen-bond donors (Lipinski definition) is 1. The fraction of sp³-hybridized carbons (Fsp3) is 0.333. The number of hydrogen-bond acceptors (Lipinski definition) is 2. The lowest BCUT2D eigenvalue weighted by atomic mass is 10.2. The Kier molecular flexibility index (Phi) is 3.95. The van der Waals surface area contributed by atoms with E-state index in [0.717, 1.165) is 6.42 Å². The molecule has 14 heavy (non-hydrogen) atoms. The summed E-state index contributed by atoms with van der Waals surface area (Å²) in [7, 11) is -3.23. The van der Waals surface area contributed by atoms with Gasteiger partial charge in [0.2, 0.25) is 10.0 Å². The number of anilines is 1. The first-order valence-corrected chi connectivity index (χ1v) is 7.00. The predicted octanol–water partition coefficient (Wildman–Crippen LogP) is 2.34. The second kappa shape index (κ2) is 4.79. The average molecular weight is 278 g/mol. The van der Waals surface area contributed by atoms with E-state index in [-0.39, 0.29) is 4.66 Å². The van der Waals surface area contributed by atoms with E-state index in [1.807, 2.05) is 12.1 Å². The number of sulfonamides is 1. The number of benzene rings is 1. The molecular formula is C9H12BrNO2S. The standard InChI is InChI=1S/C9H12BrNO2S/c1-2-8-3-5-9(6-4-8)11-14(12,13)7-10/h3-6,11H,2,7H2,1H3. The molecule has 0 amide bonds. The first-order valence-electron chi connectivity index (χ1n) is 4.23. The highest BCUT2D eigenvalue weighted by Gasteiger charge is 2.06. The Hall–Kier alpha value is -0.550. The van der Waals surface area contributed by atoms with Crippen LogP contribution in [0.5, 0.6) is 0 Å². The van der Waals surface area contributed by atoms with Crippen molar-refractivity contribution in [1.82, 2.24) is 0 Å². The summed E-state index contributed by atoms with van der Waals surface area (Å²) in [6.45, 7) is 2.05. The Morgan fingerprint density at radius 2 is 1.86 bits per heavy atom. The van der Waals surface area contributed by atoms with E-state index in [1.165, 1.54) is 5.56 Å². The molecule has 0 spiro atoms. The van der Waals surface area contributed by atoms with Crippen LogP contribution in [0.1, 0.15) is 12.5 Å². The van der Waals surface area contributed by atoms with E-state index in [4.69, 9.17) is 0 Å². The van der Waals surface area contributed by atoms with Gasteiger partial charge >= 0.3 is 0 Å². The van der Waals surface area contributed by atoms with Crippen molar-refractivity contribution in [1.29, 1.82) is 0 Å². The van der Waals surface area contributed by atoms with E-state index in [0.29, 0.717) is 5.69 Å². The topological polar surface area (TPSA) is 46.2 Å². The predicted molar refractivity (Wildman–Crippen MR) is 62.2 cm³/mol. The molecule has 0 fully saturated rings. The van der Waals surface area contributed by atoms with Crippen molar-refractivity contribution < 1.29 is 8.42 Å². The van der Waals surface area contributed by atoms with Crippen LogP contribution in [0.2, 0.25) is 0 Å². The van der Waals surface area contributed by atoms with Crippen LogP contribution in [-0.4, -0.2) is 13.1 Å². The van der Waals surface area contributed by atoms with Crippen molar-refractivity contribution in [3.8, 4) is 0 Å². The van der Waals surface area contributed by atoms with Crippen LogP contribution < -0.4 is 4.72 Å². The maximum absolute atomic E-state index is 11.2. The molecule has 0 aliphatic carbocycles. The van der Waals surface area contributed by atoms with Gasteiger partial charge in [0.1, 0.15) is 4.66 Å². The zero-order valence-corrected chi connectivity index (χ0v) is 10.2. The van der Waals surface area contributed by atoms with E-state index in [1.54, 1.807) is 12.1 Å². The van der Waals surface area contributed by atoms with Gasteiger partial charge in [-0.2, -0.15) is 0 Å². The summed E-state index contributed by atoms with van der Waals surface area (Å²) in [6, 6.07) is 7.34. The molecule has 0 aromatic heterocycles. The van der Waals surface area contributed by atoms with Gasteiger partial charge in [0, 0.05) is 5.69 Å². The summed E-state index contributed by atoms with van der Waals surface area (Å²) in [5, 5.41) is 0. The van der Waals surface area contributed by atoms with Crippen molar-refractivity contribution >= 4 is 31.6 Å². The highest BCUT2D eigenvalue weighted by atomic mass is 79.9. The van der Waals surface area contributed by atoms with Crippen molar-refractivity contribution in [2.75, 3.05) is 9.38 Å². The van der Waals surface area contributed by atoms with Crippen LogP contribution in [-0.2, 0) is 16.4 Å². The molecule has 0 aliphatic rings. The number of aryl methyl sites for hydroxylation is 1. The summed E-state index contributed by atoms with van der Waals surface area (Å²) in [5.41, 5.74) is 1.79. The maximum atomic E-state index is 11.2. The molecule has 0 saturated carbocycles. The molecule has 0 aliphatic heterocycles. The Bertz CT molecular complexity index is 386. The third kappa shape index (κ3) is 3.31.